The summed E-state index contributed by atoms with van der Waals surface area (Å²) in [5, 5.41) is 8.31. The summed E-state index contributed by atoms with van der Waals surface area (Å²) in [4.78, 5) is 5.07. The number of nitrogens with zero attached hydrogens (tertiary/aromatic N) is 4. The molecule has 2 fully saturated rings. The largest absolute Gasteiger partial charge is 0.419 e. The molecule has 0 radical (unpaired) electrons. The third kappa shape index (κ3) is 4.30. The Morgan fingerprint density at radius 1 is 1.08 bits per heavy atom. The second kappa shape index (κ2) is 8.27. The number of aromatic nitrogens is 2. The van der Waals surface area contributed by atoms with Crippen LogP contribution in [0.25, 0.3) is 11.5 Å². The van der Waals surface area contributed by atoms with Crippen LogP contribution in [0.3, 0.4) is 0 Å². The normalized spacial score (nSPS) is 22.1. The molecule has 0 bridgehead atoms. The molecule has 2 aromatic rings. The highest BCUT2D eigenvalue weighted by Crippen LogP contribution is 2.24. The van der Waals surface area contributed by atoms with E-state index in [0.29, 0.717) is 29.9 Å². The van der Waals surface area contributed by atoms with Crippen LogP contribution in [0.2, 0.25) is 0 Å². The lowest BCUT2D eigenvalue weighted by Gasteiger charge is -2.35. The number of likely N-dealkylation sites (tertiary alicyclic amines) is 2. The number of hydrogen-bond donors (Lipinski definition) is 0. The summed E-state index contributed by atoms with van der Waals surface area (Å²) in [7, 11) is 0. The van der Waals surface area contributed by atoms with Crippen LogP contribution in [0.4, 0.5) is 4.39 Å². The van der Waals surface area contributed by atoms with Crippen LogP contribution >= 0.6 is 0 Å². The fourth-order valence-electron chi connectivity index (χ4n) is 4.16. The van der Waals surface area contributed by atoms with Gasteiger partial charge in [-0.25, -0.2) is 4.39 Å². The Morgan fingerprint density at radius 3 is 2.77 bits per heavy atom. The molecule has 1 aromatic heterocycles. The first kappa shape index (κ1) is 17.6. The SMILES string of the molecule is Fc1cccc(-c2nnc(CN3CCCC[C@@H]3CCN3CCCC3)o2)c1. The van der Waals surface area contributed by atoms with Gasteiger partial charge < -0.3 is 9.32 Å². The van der Waals surface area contributed by atoms with E-state index in [4.69, 9.17) is 4.42 Å². The van der Waals surface area contributed by atoms with Gasteiger partial charge in [0.1, 0.15) is 5.82 Å². The van der Waals surface area contributed by atoms with Gasteiger partial charge in [-0.1, -0.05) is 12.5 Å². The van der Waals surface area contributed by atoms with Crippen molar-refractivity contribution in [2.75, 3.05) is 26.2 Å². The topological polar surface area (TPSA) is 45.4 Å². The highest BCUT2D eigenvalue weighted by molar-refractivity contribution is 5.52. The van der Waals surface area contributed by atoms with Gasteiger partial charge in [0.25, 0.3) is 0 Å². The Bertz CT molecular complexity index is 713. The van der Waals surface area contributed by atoms with Gasteiger partial charge in [-0.3, -0.25) is 4.90 Å². The number of benzene rings is 1. The second-order valence-corrected chi connectivity index (χ2v) is 7.47. The van der Waals surface area contributed by atoms with Crippen LogP contribution in [0.5, 0.6) is 0 Å². The van der Waals surface area contributed by atoms with Gasteiger partial charge in [0.2, 0.25) is 11.8 Å². The summed E-state index contributed by atoms with van der Waals surface area (Å²) < 4.78 is 19.2. The molecular weight excluding hydrogens is 331 g/mol. The first-order chi connectivity index (χ1) is 12.8. The van der Waals surface area contributed by atoms with Gasteiger partial charge in [-0.05, 0) is 76.5 Å². The predicted molar refractivity (Wildman–Crippen MR) is 98.0 cm³/mol. The molecule has 2 saturated heterocycles. The number of piperidine rings is 1. The van der Waals surface area contributed by atoms with Gasteiger partial charge >= 0.3 is 0 Å². The zero-order valence-corrected chi connectivity index (χ0v) is 15.2. The standard InChI is InChI=1S/C20H27FN4O/c21-17-7-5-6-16(14-17)20-23-22-19(26-20)15-25-12-2-1-8-18(25)9-13-24-10-3-4-11-24/h5-7,14,18H,1-4,8-13,15H2/t18-/m1/s1. The maximum Gasteiger partial charge on any atom is 0.247 e. The minimum absolute atomic E-state index is 0.291. The molecule has 2 aliphatic rings. The molecule has 4 rings (SSSR count). The second-order valence-electron chi connectivity index (χ2n) is 7.47. The van der Waals surface area contributed by atoms with E-state index in [1.807, 2.05) is 0 Å². The molecule has 6 heteroatoms. The third-order valence-corrected chi connectivity index (χ3v) is 5.60. The van der Waals surface area contributed by atoms with Crippen molar-refractivity contribution < 1.29 is 8.81 Å². The van der Waals surface area contributed by atoms with E-state index in [9.17, 15) is 4.39 Å². The lowest BCUT2D eigenvalue weighted by atomic mass is 9.99. The van der Waals surface area contributed by atoms with Crippen molar-refractivity contribution in [3.63, 3.8) is 0 Å². The zero-order chi connectivity index (χ0) is 17.8. The van der Waals surface area contributed by atoms with Crippen LogP contribution < -0.4 is 0 Å². The molecule has 1 aromatic carbocycles. The smallest absolute Gasteiger partial charge is 0.247 e. The minimum Gasteiger partial charge on any atom is -0.419 e. The van der Waals surface area contributed by atoms with Gasteiger partial charge in [0.05, 0.1) is 6.54 Å². The molecule has 3 heterocycles. The van der Waals surface area contributed by atoms with E-state index in [-0.39, 0.29) is 5.82 Å². The fourth-order valence-corrected chi connectivity index (χ4v) is 4.16. The lowest BCUT2D eigenvalue weighted by molar-refractivity contribution is 0.111. The molecule has 5 nitrogen and oxygen atoms in total. The van der Waals surface area contributed by atoms with Crippen molar-refractivity contribution in [2.24, 2.45) is 0 Å². The minimum atomic E-state index is -0.291. The van der Waals surface area contributed by atoms with E-state index in [2.05, 4.69) is 20.0 Å². The molecule has 0 spiro atoms. The van der Waals surface area contributed by atoms with Crippen LogP contribution in [-0.4, -0.2) is 52.2 Å². The average molecular weight is 358 g/mol. The summed E-state index contributed by atoms with van der Waals surface area (Å²) >= 11 is 0. The summed E-state index contributed by atoms with van der Waals surface area (Å²) in [5.74, 6) is 0.725. The van der Waals surface area contributed by atoms with Crippen molar-refractivity contribution >= 4 is 0 Å². The molecule has 0 amide bonds. The molecule has 0 aliphatic carbocycles. The summed E-state index contributed by atoms with van der Waals surface area (Å²) in [6.45, 7) is 5.48. The molecule has 1 atom stereocenters. The number of hydrogen-bond acceptors (Lipinski definition) is 5. The van der Waals surface area contributed by atoms with Crippen molar-refractivity contribution in [3.8, 4) is 11.5 Å². The maximum absolute atomic E-state index is 13.4. The first-order valence-corrected chi connectivity index (χ1v) is 9.83. The molecule has 26 heavy (non-hydrogen) atoms. The van der Waals surface area contributed by atoms with Gasteiger partial charge in [-0.15, -0.1) is 10.2 Å². The lowest BCUT2D eigenvalue weighted by Crippen LogP contribution is -2.41. The maximum atomic E-state index is 13.4. The zero-order valence-electron chi connectivity index (χ0n) is 15.2. The van der Waals surface area contributed by atoms with Crippen LogP contribution in [-0.2, 0) is 6.54 Å². The first-order valence-electron chi connectivity index (χ1n) is 9.83. The van der Waals surface area contributed by atoms with Crippen LogP contribution in [0.15, 0.2) is 28.7 Å². The number of halogens is 1. The Kier molecular flexibility index (Phi) is 5.60. The third-order valence-electron chi connectivity index (χ3n) is 5.60. The summed E-state index contributed by atoms with van der Waals surface area (Å²) in [5.41, 5.74) is 0.632. The highest BCUT2D eigenvalue weighted by Gasteiger charge is 2.25. The molecule has 0 saturated carbocycles. The van der Waals surface area contributed by atoms with E-state index in [0.717, 1.165) is 6.54 Å². The highest BCUT2D eigenvalue weighted by atomic mass is 19.1. The van der Waals surface area contributed by atoms with Crippen molar-refractivity contribution in [3.05, 3.63) is 36.0 Å². The van der Waals surface area contributed by atoms with E-state index in [1.165, 1.54) is 70.3 Å². The van der Waals surface area contributed by atoms with Gasteiger partial charge in [0, 0.05) is 11.6 Å². The monoisotopic (exact) mass is 358 g/mol. The van der Waals surface area contributed by atoms with Gasteiger partial charge in [-0.2, -0.15) is 0 Å². The Labute approximate surface area is 154 Å². The van der Waals surface area contributed by atoms with Crippen molar-refractivity contribution in [2.45, 2.75) is 51.1 Å². The summed E-state index contributed by atoms with van der Waals surface area (Å²) in [6, 6.07) is 6.89. The summed E-state index contributed by atoms with van der Waals surface area (Å²) in [6.07, 6.45) is 7.69. The average Bonchev–Trinajstić information content (AvgIpc) is 3.33. The van der Waals surface area contributed by atoms with E-state index < -0.39 is 0 Å². The molecule has 2 aliphatic heterocycles. The fraction of sp³-hybridized carbons (Fsp3) is 0.600. The Hall–Kier alpha value is -1.79. The van der Waals surface area contributed by atoms with E-state index in [1.54, 1.807) is 12.1 Å². The van der Waals surface area contributed by atoms with Crippen molar-refractivity contribution in [1.29, 1.82) is 0 Å². The Morgan fingerprint density at radius 2 is 1.92 bits per heavy atom. The quantitative estimate of drug-likeness (QED) is 0.788. The number of rotatable bonds is 6. The van der Waals surface area contributed by atoms with Crippen LogP contribution in [0.1, 0.15) is 44.4 Å². The van der Waals surface area contributed by atoms with Crippen LogP contribution in [0, 0.1) is 5.82 Å². The predicted octanol–water partition coefficient (Wildman–Crippen LogP) is 3.72. The molecule has 0 unspecified atom stereocenters. The van der Waals surface area contributed by atoms with Crippen molar-refractivity contribution in [1.82, 2.24) is 20.0 Å². The molecule has 140 valence electrons. The van der Waals surface area contributed by atoms with Gasteiger partial charge in [0.15, 0.2) is 0 Å². The molecule has 0 N–H and O–H groups in total. The Balaban J connectivity index is 1.38. The van der Waals surface area contributed by atoms with E-state index >= 15 is 0 Å². The molecular formula is C20H27FN4O.